The molecule has 0 unspecified atom stereocenters. The molecule has 1 aliphatic rings. The summed E-state index contributed by atoms with van der Waals surface area (Å²) in [7, 11) is -3.64. The first kappa shape index (κ1) is 23.5. The van der Waals surface area contributed by atoms with Crippen LogP contribution in [0.3, 0.4) is 0 Å². The quantitative estimate of drug-likeness (QED) is 0.466. The van der Waals surface area contributed by atoms with Crippen molar-refractivity contribution in [1.29, 1.82) is 0 Å². The Hall–Kier alpha value is -2.15. The molecule has 31 heavy (non-hydrogen) atoms. The van der Waals surface area contributed by atoms with Crippen LogP contribution in [0.1, 0.15) is 38.1 Å². The van der Waals surface area contributed by atoms with Crippen molar-refractivity contribution in [3.63, 3.8) is 0 Å². The number of aromatic nitrogens is 4. The van der Waals surface area contributed by atoms with E-state index in [0.29, 0.717) is 43.2 Å². The van der Waals surface area contributed by atoms with Crippen LogP contribution in [0, 0.1) is 4.77 Å². The average molecular weight is 469 g/mol. The largest absolute Gasteiger partial charge is 0.462 e. The highest BCUT2D eigenvalue weighted by molar-refractivity contribution is 7.89. The minimum atomic E-state index is -3.64. The van der Waals surface area contributed by atoms with Gasteiger partial charge < -0.3 is 4.74 Å². The molecule has 0 bridgehead atoms. The van der Waals surface area contributed by atoms with Crippen molar-refractivity contribution in [1.82, 2.24) is 29.0 Å². The lowest BCUT2D eigenvalue weighted by atomic mass is 10.1. The third-order valence-corrected chi connectivity index (χ3v) is 7.24. The Bertz CT molecular complexity index is 1080. The molecule has 1 aliphatic heterocycles. The van der Waals surface area contributed by atoms with Crippen LogP contribution in [0.15, 0.2) is 29.2 Å². The standard InChI is InChI=1S/C19H28N6O4S2/c1-5-29-17(26)15-6-8-16(9-7-15)31(27,28)23-12-10-22(11-13-23)14-24-18(30)25(21-20-24)19(2,3)4/h6-9H,5,10-14H2,1-4H3. The van der Waals surface area contributed by atoms with E-state index >= 15 is 0 Å². The number of esters is 1. The first-order valence-corrected chi connectivity index (χ1v) is 11.9. The molecule has 0 radical (unpaired) electrons. The number of sulfonamides is 1. The fourth-order valence-electron chi connectivity index (χ4n) is 3.21. The molecule has 170 valence electrons. The van der Waals surface area contributed by atoms with Gasteiger partial charge in [0, 0.05) is 26.2 Å². The maximum absolute atomic E-state index is 13.0. The van der Waals surface area contributed by atoms with E-state index in [9.17, 15) is 13.2 Å². The molecule has 1 aromatic heterocycles. The number of hydrogen-bond acceptors (Lipinski definition) is 8. The van der Waals surface area contributed by atoms with Crippen molar-refractivity contribution in [2.24, 2.45) is 0 Å². The number of hydrogen-bond donors (Lipinski definition) is 0. The smallest absolute Gasteiger partial charge is 0.338 e. The van der Waals surface area contributed by atoms with E-state index < -0.39 is 16.0 Å². The number of piperazine rings is 1. The molecular weight excluding hydrogens is 440 g/mol. The van der Waals surface area contributed by atoms with Gasteiger partial charge >= 0.3 is 5.97 Å². The van der Waals surface area contributed by atoms with Crippen molar-refractivity contribution in [2.45, 2.75) is 44.8 Å². The number of nitrogens with zero attached hydrogens (tertiary/aromatic N) is 6. The summed E-state index contributed by atoms with van der Waals surface area (Å²) in [6.45, 7) is 10.2. The van der Waals surface area contributed by atoms with Gasteiger partial charge in [-0.05, 0) is 74.6 Å². The zero-order valence-corrected chi connectivity index (χ0v) is 19.8. The average Bonchev–Trinajstić information content (AvgIpc) is 3.09. The molecule has 0 spiro atoms. The van der Waals surface area contributed by atoms with Crippen molar-refractivity contribution >= 4 is 28.2 Å². The van der Waals surface area contributed by atoms with Crippen LogP contribution in [0.5, 0.6) is 0 Å². The number of rotatable bonds is 6. The molecule has 12 heteroatoms. The first-order chi connectivity index (χ1) is 14.5. The van der Waals surface area contributed by atoms with Gasteiger partial charge in [-0.3, -0.25) is 4.90 Å². The van der Waals surface area contributed by atoms with Gasteiger partial charge in [0.25, 0.3) is 0 Å². The lowest BCUT2D eigenvalue weighted by Crippen LogP contribution is -2.49. The zero-order valence-electron chi connectivity index (χ0n) is 18.2. The molecule has 1 aromatic carbocycles. The van der Waals surface area contributed by atoms with Gasteiger partial charge in [-0.1, -0.05) is 0 Å². The summed E-state index contributed by atoms with van der Waals surface area (Å²) in [6, 6.07) is 5.83. The van der Waals surface area contributed by atoms with E-state index in [2.05, 4.69) is 15.3 Å². The minimum Gasteiger partial charge on any atom is -0.462 e. The molecule has 3 rings (SSSR count). The van der Waals surface area contributed by atoms with Crippen LogP contribution in [-0.4, -0.2) is 76.2 Å². The fourth-order valence-corrected chi connectivity index (χ4v) is 5.04. The van der Waals surface area contributed by atoms with E-state index in [1.165, 1.54) is 28.6 Å². The normalized spacial score (nSPS) is 16.4. The van der Waals surface area contributed by atoms with E-state index in [1.54, 1.807) is 16.3 Å². The van der Waals surface area contributed by atoms with Crippen LogP contribution in [0.25, 0.3) is 0 Å². The van der Waals surface area contributed by atoms with Gasteiger partial charge in [0.1, 0.15) is 0 Å². The van der Waals surface area contributed by atoms with Crippen LogP contribution in [0.4, 0.5) is 0 Å². The number of carbonyl (C=O) groups is 1. The molecule has 2 heterocycles. The molecule has 10 nitrogen and oxygen atoms in total. The van der Waals surface area contributed by atoms with Crippen molar-refractivity contribution in [3.8, 4) is 0 Å². The van der Waals surface area contributed by atoms with Gasteiger partial charge in [0.05, 0.1) is 29.3 Å². The topological polar surface area (TPSA) is 103 Å². The Morgan fingerprint density at radius 3 is 2.23 bits per heavy atom. The van der Waals surface area contributed by atoms with Crippen LogP contribution >= 0.6 is 12.2 Å². The van der Waals surface area contributed by atoms with Crippen molar-refractivity contribution in [2.75, 3.05) is 32.8 Å². The lowest BCUT2D eigenvalue weighted by molar-refractivity contribution is 0.0526. The molecule has 0 aliphatic carbocycles. The van der Waals surface area contributed by atoms with E-state index in [-0.39, 0.29) is 17.0 Å². The van der Waals surface area contributed by atoms with Gasteiger partial charge in [0.15, 0.2) is 0 Å². The third-order valence-electron chi connectivity index (χ3n) is 4.94. The number of carbonyl (C=O) groups excluding carboxylic acids is 1. The number of benzene rings is 1. The fraction of sp³-hybridized carbons (Fsp3) is 0.579. The predicted molar refractivity (Wildman–Crippen MR) is 117 cm³/mol. The van der Waals surface area contributed by atoms with Crippen LogP contribution in [0.2, 0.25) is 0 Å². The highest BCUT2D eigenvalue weighted by atomic mass is 32.2. The minimum absolute atomic E-state index is 0.157. The van der Waals surface area contributed by atoms with Crippen LogP contribution in [-0.2, 0) is 27.0 Å². The Kier molecular flexibility index (Phi) is 6.94. The van der Waals surface area contributed by atoms with E-state index in [1.807, 2.05) is 20.8 Å². The Morgan fingerprint density at radius 1 is 1.10 bits per heavy atom. The maximum Gasteiger partial charge on any atom is 0.338 e. The van der Waals surface area contributed by atoms with Crippen molar-refractivity contribution in [3.05, 3.63) is 34.6 Å². The molecule has 0 atom stereocenters. The summed E-state index contributed by atoms with van der Waals surface area (Å²) in [6.07, 6.45) is 0. The highest BCUT2D eigenvalue weighted by Gasteiger charge is 2.29. The number of tetrazole rings is 1. The van der Waals surface area contributed by atoms with E-state index in [4.69, 9.17) is 17.0 Å². The summed E-state index contributed by atoms with van der Waals surface area (Å²) in [5.74, 6) is -0.470. The molecule has 1 saturated heterocycles. The molecule has 1 fully saturated rings. The highest BCUT2D eigenvalue weighted by Crippen LogP contribution is 2.19. The Morgan fingerprint density at radius 2 is 1.71 bits per heavy atom. The van der Waals surface area contributed by atoms with Crippen LogP contribution < -0.4 is 0 Å². The lowest BCUT2D eigenvalue weighted by Gasteiger charge is -2.33. The van der Waals surface area contributed by atoms with Gasteiger partial charge in [0.2, 0.25) is 14.8 Å². The second-order valence-electron chi connectivity index (χ2n) is 8.25. The SMILES string of the molecule is CCOC(=O)c1ccc(S(=O)(=O)N2CCN(Cn3nnn(C(C)(C)C)c3=S)CC2)cc1. The van der Waals surface area contributed by atoms with Crippen molar-refractivity contribution < 1.29 is 17.9 Å². The summed E-state index contributed by atoms with van der Waals surface area (Å²) >= 11 is 5.47. The second kappa shape index (κ2) is 9.15. The molecule has 2 aromatic rings. The number of ether oxygens (including phenoxy) is 1. The predicted octanol–water partition coefficient (Wildman–Crippen LogP) is 1.70. The molecule has 0 amide bonds. The third kappa shape index (κ3) is 5.20. The summed E-state index contributed by atoms with van der Waals surface area (Å²) in [5.41, 5.74) is 0.0657. The van der Waals surface area contributed by atoms with E-state index in [0.717, 1.165) is 0 Å². The monoisotopic (exact) mass is 468 g/mol. The molecule has 0 saturated carbocycles. The first-order valence-electron chi connectivity index (χ1n) is 10.1. The maximum atomic E-state index is 13.0. The van der Waals surface area contributed by atoms with Gasteiger partial charge in [-0.15, -0.1) is 0 Å². The van der Waals surface area contributed by atoms with Gasteiger partial charge in [-0.2, -0.15) is 4.31 Å². The molecular formula is C19H28N6O4S2. The summed E-state index contributed by atoms with van der Waals surface area (Å²) in [4.78, 5) is 14.0. The summed E-state index contributed by atoms with van der Waals surface area (Å²) in [5, 5.41) is 8.28. The summed E-state index contributed by atoms with van der Waals surface area (Å²) < 4.78 is 36.2. The van der Waals surface area contributed by atoms with Gasteiger partial charge in [-0.25, -0.2) is 22.6 Å². The Labute approximate surface area is 187 Å². The zero-order chi connectivity index (χ0) is 22.8. The second-order valence-corrected chi connectivity index (χ2v) is 10.6. The molecule has 0 N–H and O–H groups in total. The Balaban J connectivity index is 1.63.